The molecule has 7 nitrogen and oxygen atoms in total. The Morgan fingerprint density at radius 2 is 1.59 bits per heavy atom. The Kier molecular flexibility index (Phi) is 5.80. The molecule has 1 aliphatic heterocycles. The summed E-state index contributed by atoms with van der Waals surface area (Å²) in [6, 6.07) is 0. The van der Waals surface area contributed by atoms with Gasteiger partial charge in [-0.05, 0) is 12.8 Å². The van der Waals surface area contributed by atoms with Crippen LogP contribution in [0.25, 0.3) is 0 Å². The number of rotatable bonds is 5. The minimum Gasteiger partial charge on any atom is -0.339 e. The van der Waals surface area contributed by atoms with E-state index in [-0.39, 0.29) is 30.0 Å². The second-order valence-corrected chi connectivity index (χ2v) is 8.03. The summed E-state index contributed by atoms with van der Waals surface area (Å²) in [6.45, 7) is 3.82. The zero-order valence-corrected chi connectivity index (χ0v) is 13.9. The van der Waals surface area contributed by atoms with Gasteiger partial charge in [0, 0.05) is 46.1 Å². The number of nitrogens with one attached hydrogen (secondary N) is 1. The maximum atomic E-state index is 12.1. The second-order valence-electron chi connectivity index (χ2n) is 5.98. The molecule has 0 spiro atoms. The van der Waals surface area contributed by atoms with Crippen LogP contribution in [0.3, 0.4) is 0 Å². The summed E-state index contributed by atoms with van der Waals surface area (Å²) < 4.78 is 26.6. The molecule has 0 unspecified atom stereocenters. The third kappa shape index (κ3) is 4.42. The lowest BCUT2D eigenvalue weighted by molar-refractivity contribution is -0.138. The molecule has 1 saturated carbocycles. The molecule has 2 rings (SSSR count). The van der Waals surface area contributed by atoms with E-state index in [4.69, 9.17) is 0 Å². The van der Waals surface area contributed by atoms with Crippen molar-refractivity contribution < 1.29 is 18.0 Å². The van der Waals surface area contributed by atoms with E-state index in [1.807, 2.05) is 0 Å². The molecule has 1 aliphatic carbocycles. The maximum absolute atomic E-state index is 12.1. The molecule has 2 aliphatic rings. The first-order valence-electron chi connectivity index (χ1n) is 7.92. The summed E-state index contributed by atoms with van der Waals surface area (Å²) >= 11 is 0. The quantitative estimate of drug-likeness (QED) is 0.764. The topological polar surface area (TPSA) is 86.8 Å². The minimum atomic E-state index is -3.28. The summed E-state index contributed by atoms with van der Waals surface area (Å²) in [6.07, 6.45) is 3.54. The molecular formula is C14H25N3O4S. The molecule has 0 atom stereocenters. The van der Waals surface area contributed by atoms with E-state index < -0.39 is 10.0 Å². The summed E-state index contributed by atoms with van der Waals surface area (Å²) in [5.41, 5.74) is 0. The standard InChI is InChI=1S/C14H25N3O4S/c1-12(18)16-8-10-17(11-9-16)14(19)6-7-15-22(20,21)13-4-2-3-5-13/h13,15H,2-11H2,1H3. The van der Waals surface area contributed by atoms with E-state index in [2.05, 4.69) is 4.72 Å². The normalized spacial score (nSPS) is 20.4. The Labute approximate surface area is 132 Å². The van der Waals surface area contributed by atoms with Crippen LogP contribution >= 0.6 is 0 Å². The average molecular weight is 331 g/mol. The van der Waals surface area contributed by atoms with Crippen LogP contribution in [0.5, 0.6) is 0 Å². The lowest BCUT2D eigenvalue weighted by Gasteiger charge is -2.34. The van der Waals surface area contributed by atoms with Gasteiger partial charge in [0.25, 0.3) is 0 Å². The van der Waals surface area contributed by atoms with Gasteiger partial charge < -0.3 is 9.80 Å². The highest BCUT2D eigenvalue weighted by Crippen LogP contribution is 2.23. The van der Waals surface area contributed by atoms with Gasteiger partial charge >= 0.3 is 0 Å². The van der Waals surface area contributed by atoms with Crippen molar-refractivity contribution in [2.75, 3.05) is 32.7 Å². The molecule has 1 N–H and O–H groups in total. The Morgan fingerprint density at radius 1 is 1.05 bits per heavy atom. The van der Waals surface area contributed by atoms with Crippen molar-refractivity contribution >= 4 is 21.8 Å². The fourth-order valence-electron chi connectivity index (χ4n) is 3.05. The Bertz CT molecular complexity index is 506. The van der Waals surface area contributed by atoms with Crippen LogP contribution in [0.2, 0.25) is 0 Å². The zero-order valence-electron chi connectivity index (χ0n) is 13.1. The van der Waals surface area contributed by atoms with Gasteiger partial charge in [-0.25, -0.2) is 13.1 Å². The predicted molar refractivity (Wildman–Crippen MR) is 82.6 cm³/mol. The van der Waals surface area contributed by atoms with E-state index in [0.717, 1.165) is 25.7 Å². The molecule has 8 heteroatoms. The van der Waals surface area contributed by atoms with Crippen LogP contribution < -0.4 is 4.72 Å². The highest BCUT2D eigenvalue weighted by atomic mass is 32.2. The van der Waals surface area contributed by atoms with Crippen LogP contribution in [0, 0.1) is 0 Å². The van der Waals surface area contributed by atoms with Crippen molar-refractivity contribution in [1.82, 2.24) is 14.5 Å². The van der Waals surface area contributed by atoms with Crippen molar-refractivity contribution in [1.29, 1.82) is 0 Å². The van der Waals surface area contributed by atoms with E-state index >= 15 is 0 Å². The third-order valence-electron chi connectivity index (χ3n) is 4.46. The van der Waals surface area contributed by atoms with Crippen molar-refractivity contribution in [2.45, 2.75) is 44.3 Å². The molecule has 0 aromatic heterocycles. The maximum Gasteiger partial charge on any atom is 0.224 e. The van der Waals surface area contributed by atoms with E-state index in [1.54, 1.807) is 9.80 Å². The zero-order chi connectivity index (χ0) is 16.2. The fraction of sp³-hybridized carbons (Fsp3) is 0.857. The first kappa shape index (κ1) is 17.2. The van der Waals surface area contributed by atoms with Gasteiger partial charge in [0.2, 0.25) is 21.8 Å². The number of sulfonamides is 1. The number of piperazine rings is 1. The number of carbonyl (C=O) groups excluding carboxylic acids is 2. The molecular weight excluding hydrogens is 306 g/mol. The molecule has 1 heterocycles. The summed E-state index contributed by atoms with van der Waals surface area (Å²) in [4.78, 5) is 26.7. The predicted octanol–water partition coefficient (Wildman–Crippen LogP) is -0.0708. The number of nitrogens with zero attached hydrogens (tertiary/aromatic N) is 2. The van der Waals surface area contributed by atoms with Gasteiger partial charge in [-0.15, -0.1) is 0 Å². The smallest absolute Gasteiger partial charge is 0.224 e. The van der Waals surface area contributed by atoms with Gasteiger partial charge in [0.1, 0.15) is 0 Å². The largest absolute Gasteiger partial charge is 0.339 e. The van der Waals surface area contributed by atoms with Gasteiger partial charge in [-0.2, -0.15) is 0 Å². The molecule has 126 valence electrons. The van der Waals surface area contributed by atoms with E-state index in [9.17, 15) is 18.0 Å². The van der Waals surface area contributed by atoms with Crippen LogP contribution in [0.4, 0.5) is 0 Å². The summed E-state index contributed by atoms with van der Waals surface area (Å²) in [5, 5.41) is -0.290. The Hall–Kier alpha value is -1.15. The van der Waals surface area contributed by atoms with E-state index in [0.29, 0.717) is 26.2 Å². The molecule has 2 fully saturated rings. The Morgan fingerprint density at radius 3 is 2.14 bits per heavy atom. The number of carbonyl (C=O) groups is 2. The molecule has 2 amide bonds. The molecule has 1 saturated heterocycles. The number of hydrogen-bond acceptors (Lipinski definition) is 4. The average Bonchev–Trinajstić information content (AvgIpc) is 3.02. The van der Waals surface area contributed by atoms with Gasteiger partial charge in [-0.1, -0.05) is 12.8 Å². The monoisotopic (exact) mass is 331 g/mol. The molecule has 0 aromatic carbocycles. The molecule has 0 aromatic rings. The molecule has 22 heavy (non-hydrogen) atoms. The van der Waals surface area contributed by atoms with Crippen molar-refractivity contribution in [2.24, 2.45) is 0 Å². The van der Waals surface area contributed by atoms with Crippen LogP contribution in [0.1, 0.15) is 39.0 Å². The molecule has 0 bridgehead atoms. The first-order valence-corrected chi connectivity index (χ1v) is 9.46. The highest BCUT2D eigenvalue weighted by molar-refractivity contribution is 7.90. The second kappa shape index (κ2) is 7.41. The van der Waals surface area contributed by atoms with Crippen molar-refractivity contribution in [3.8, 4) is 0 Å². The van der Waals surface area contributed by atoms with Gasteiger partial charge in [0.05, 0.1) is 5.25 Å². The summed E-state index contributed by atoms with van der Waals surface area (Å²) in [5.74, 6) is -0.0336. The van der Waals surface area contributed by atoms with Crippen LogP contribution in [0.15, 0.2) is 0 Å². The Balaban J connectivity index is 1.71. The summed E-state index contributed by atoms with van der Waals surface area (Å²) in [7, 11) is -3.28. The first-order chi connectivity index (χ1) is 10.4. The van der Waals surface area contributed by atoms with E-state index in [1.165, 1.54) is 6.92 Å². The fourth-order valence-corrected chi connectivity index (χ4v) is 4.62. The van der Waals surface area contributed by atoms with Crippen LogP contribution in [-0.4, -0.2) is 68.0 Å². The van der Waals surface area contributed by atoms with Gasteiger partial charge in [0.15, 0.2) is 0 Å². The van der Waals surface area contributed by atoms with Crippen molar-refractivity contribution in [3.63, 3.8) is 0 Å². The molecule has 0 radical (unpaired) electrons. The third-order valence-corrected chi connectivity index (χ3v) is 6.42. The van der Waals surface area contributed by atoms with Gasteiger partial charge in [-0.3, -0.25) is 9.59 Å². The lowest BCUT2D eigenvalue weighted by Crippen LogP contribution is -2.50. The highest BCUT2D eigenvalue weighted by Gasteiger charge is 2.28. The SMILES string of the molecule is CC(=O)N1CCN(C(=O)CCNS(=O)(=O)C2CCCC2)CC1. The van der Waals surface area contributed by atoms with Crippen LogP contribution in [-0.2, 0) is 19.6 Å². The number of amides is 2. The van der Waals surface area contributed by atoms with Crippen molar-refractivity contribution in [3.05, 3.63) is 0 Å². The number of hydrogen-bond donors (Lipinski definition) is 1. The minimum absolute atomic E-state index is 0.0245. The lowest BCUT2D eigenvalue weighted by atomic mass is 10.3.